The number of hydrogen-bond donors (Lipinski definition) is 0. The number of rotatable bonds is 4. The Labute approximate surface area is 284 Å². The monoisotopic (exact) mass is 1200 g/mol. The van der Waals surface area contributed by atoms with Crippen LogP contribution < -0.4 is 9.47 Å². The summed E-state index contributed by atoms with van der Waals surface area (Å²) in [6.07, 6.45) is 0. The molecule has 3 aromatic rings. The molecule has 3 rings (SSSR count). The average molecular weight is 1210 g/mol. The highest BCUT2D eigenvalue weighted by Gasteiger charge is 2.26. The minimum absolute atomic E-state index is 0.537. The first kappa shape index (κ1) is 29.6. The third kappa shape index (κ3) is 5.86. The molecular weight excluding hydrogens is 1210 g/mol. The SMILES string of the molecule is Brc1ccc(Oc2c(Br)c(Br)c(Oc3c(Br)c(Br)c(Br)c(Br)c3Br)c(Br)c2Br)c(Br)c1Br. The Morgan fingerprint density at radius 3 is 1.12 bits per heavy atom. The minimum Gasteiger partial charge on any atom is -0.454 e. The van der Waals surface area contributed by atoms with E-state index in [0.29, 0.717) is 40.9 Å². The number of hydrogen-bond acceptors (Lipinski definition) is 2. The Kier molecular flexibility index (Phi) is 11.3. The molecule has 2 nitrogen and oxygen atoms in total. The zero-order valence-corrected chi connectivity index (χ0v) is 33.5. The lowest BCUT2D eigenvalue weighted by molar-refractivity contribution is 0.453. The van der Waals surface area contributed by atoms with E-state index < -0.39 is 0 Å². The van der Waals surface area contributed by atoms with Gasteiger partial charge in [-0.3, -0.25) is 0 Å². The lowest BCUT2D eigenvalue weighted by atomic mass is 10.3. The van der Waals surface area contributed by atoms with Crippen LogP contribution in [-0.2, 0) is 0 Å². The van der Waals surface area contributed by atoms with Gasteiger partial charge in [0.15, 0.2) is 17.2 Å². The van der Waals surface area contributed by atoms with Crippen LogP contribution in [-0.4, -0.2) is 0 Å². The van der Waals surface area contributed by atoms with Crippen molar-refractivity contribution < 1.29 is 9.47 Å². The Balaban J connectivity index is 2.13. The average Bonchev–Trinajstić information content (AvgIpc) is 2.77. The van der Waals surface area contributed by atoms with E-state index in [1.54, 1.807) is 0 Å². The molecule has 0 aromatic heterocycles. The van der Waals surface area contributed by atoms with Crippen LogP contribution in [0.1, 0.15) is 0 Å². The van der Waals surface area contributed by atoms with Gasteiger partial charge in [-0.25, -0.2) is 0 Å². The summed E-state index contributed by atoms with van der Waals surface area (Å²) in [5.74, 6) is 2.29. The van der Waals surface area contributed by atoms with E-state index in [-0.39, 0.29) is 0 Å². The third-order valence-corrected chi connectivity index (χ3v) is 17.2. The molecule has 0 bridgehead atoms. The molecule has 0 N–H and O–H groups in total. The number of benzene rings is 3. The van der Waals surface area contributed by atoms with E-state index in [2.05, 4.69) is 191 Å². The summed E-state index contributed by atoms with van der Waals surface area (Å²) >= 11 is 43.0. The van der Waals surface area contributed by atoms with Crippen molar-refractivity contribution in [2.24, 2.45) is 0 Å². The summed E-state index contributed by atoms with van der Waals surface area (Å²) in [6.45, 7) is 0. The zero-order chi connectivity index (χ0) is 24.1. The van der Waals surface area contributed by atoms with Crippen molar-refractivity contribution in [1.29, 1.82) is 0 Å². The summed E-state index contributed by atoms with van der Waals surface area (Å²) in [5, 5.41) is 0. The van der Waals surface area contributed by atoms with Gasteiger partial charge >= 0.3 is 0 Å². The van der Waals surface area contributed by atoms with Gasteiger partial charge in [-0.05, 0) is 203 Å². The van der Waals surface area contributed by atoms with Gasteiger partial charge in [0.05, 0.1) is 40.3 Å². The molecule has 0 aliphatic carbocycles. The quantitative estimate of drug-likeness (QED) is 0.191. The fourth-order valence-electron chi connectivity index (χ4n) is 2.24. The summed E-state index contributed by atoms with van der Waals surface area (Å²) in [5.41, 5.74) is 0. The topological polar surface area (TPSA) is 18.5 Å². The van der Waals surface area contributed by atoms with E-state index in [4.69, 9.17) is 9.47 Å². The Morgan fingerprint density at radius 2 is 0.688 bits per heavy atom. The lowest BCUT2D eigenvalue weighted by Crippen LogP contribution is -1.96. The van der Waals surface area contributed by atoms with Gasteiger partial charge in [-0.1, -0.05) is 0 Å². The van der Waals surface area contributed by atoms with E-state index in [1.807, 2.05) is 12.1 Å². The van der Waals surface area contributed by atoms with Crippen LogP contribution in [0.2, 0.25) is 0 Å². The first-order chi connectivity index (χ1) is 14.9. The van der Waals surface area contributed by atoms with Crippen LogP contribution in [0.3, 0.4) is 0 Å². The minimum atomic E-state index is 0.537. The van der Waals surface area contributed by atoms with E-state index in [1.165, 1.54) is 0 Å². The smallest absolute Gasteiger partial charge is 0.158 e. The van der Waals surface area contributed by atoms with Crippen LogP contribution in [0, 0.1) is 0 Å². The maximum Gasteiger partial charge on any atom is 0.158 e. The number of halogens is 12. The lowest BCUT2D eigenvalue weighted by Gasteiger charge is -2.20. The largest absolute Gasteiger partial charge is 0.454 e. The van der Waals surface area contributed by atoms with Crippen molar-refractivity contribution in [1.82, 2.24) is 0 Å². The molecule has 0 spiro atoms. The van der Waals surface area contributed by atoms with Gasteiger partial charge in [0.2, 0.25) is 0 Å². The predicted octanol–water partition coefficient (Wildman–Crippen LogP) is 14.4. The Morgan fingerprint density at radius 1 is 0.344 bits per heavy atom. The van der Waals surface area contributed by atoms with Gasteiger partial charge in [-0.2, -0.15) is 0 Å². The van der Waals surface area contributed by atoms with Crippen LogP contribution in [0.25, 0.3) is 0 Å². The highest BCUT2D eigenvalue weighted by atomic mass is 79.9. The Hall–Kier alpha value is 3.02. The zero-order valence-electron chi connectivity index (χ0n) is 14.5. The fourth-order valence-corrected chi connectivity index (χ4v) is 9.14. The maximum absolute atomic E-state index is 6.34. The molecule has 32 heavy (non-hydrogen) atoms. The molecule has 0 amide bonds. The fraction of sp³-hybridized carbons (Fsp3) is 0. The van der Waals surface area contributed by atoms with Crippen molar-refractivity contribution >= 4 is 191 Å². The predicted molar refractivity (Wildman–Crippen MR) is 172 cm³/mol. The molecule has 170 valence electrons. The van der Waals surface area contributed by atoms with Crippen molar-refractivity contribution in [3.8, 4) is 23.0 Å². The van der Waals surface area contributed by atoms with E-state index in [0.717, 1.165) is 35.8 Å². The molecule has 0 fully saturated rings. The molecule has 0 unspecified atom stereocenters. The highest BCUT2D eigenvalue weighted by Crippen LogP contribution is 2.56. The van der Waals surface area contributed by atoms with Crippen LogP contribution in [0.4, 0.5) is 0 Å². The first-order valence-electron chi connectivity index (χ1n) is 7.74. The standard InChI is InChI=1S/C18H2Br12O2/c19-3-1-2-4(6(21)5(3)20)31-16-12(27)14(29)18(15(30)13(16)28)32-17-10(25)8(23)7(22)9(24)11(17)26/h1-2H. The summed E-state index contributed by atoms with van der Waals surface area (Å²) in [4.78, 5) is 0. The second kappa shape index (κ2) is 12.3. The third-order valence-electron chi connectivity index (χ3n) is 3.77. The maximum atomic E-state index is 6.34. The van der Waals surface area contributed by atoms with Crippen LogP contribution in [0.15, 0.2) is 65.8 Å². The second-order valence-electron chi connectivity index (χ2n) is 5.69. The normalized spacial score (nSPS) is 11.1. The second-order valence-corrected chi connectivity index (χ2v) is 15.3. The van der Waals surface area contributed by atoms with Crippen LogP contribution >= 0.6 is 191 Å². The van der Waals surface area contributed by atoms with Gasteiger partial charge in [-0.15, -0.1) is 0 Å². The van der Waals surface area contributed by atoms with Gasteiger partial charge in [0.1, 0.15) is 5.75 Å². The molecule has 0 atom stereocenters. The van der Waals surface area contributed by atoms with Crippen molar-refractivity contribution in [2.75, 3.05) is 0 Å². The Bertz CT molecular complexity index is 1200. The first-order valence-corrected chi connectivity index (χ1v) is 17.3. The van der Waals surface area contributed by atoms with E-state index in [9.17, 15) is 0 Å². The van der Waals surface area contributed by atoms with E-state index >= 15 is 0 Å². The van der Waals surface area contributed by atoms with Crippen molar-refractivity contribution in [2.45, 2.75) is 0 Å². The summed E-state index contributed by atoms with van der Waals surface area (Å²) in [7, 11) is 0. The van der Waals surface area contributed by atoms with Gasteiger partial charge in [0, 0.05) is 13.4 Å². The molecule has 3 aromatic carbocycles. The van der Waals surface area contributed by atoms with Gasteiger partial charge < -0.3 is 9.47 Å². The molecule has 0 aliphatic heterocycles. The summed E-state index contributed by atoms with van der Waals surface area (Å²) < 4.78 is 21.6. The van der Waals surface area contributed by atoms with Gasteiger partial charge in [0.25, 0.3) is 0 Å². The molecule has 0 aliphatic rings. The summed E-state index contributed by atoms with van der Waals surface area (Å²) in [6, 6.07) is 3.75. The number of ether oxygens (including phenoxy) is 2. The molecule has 0 saturated carbocycles. The highest BCUT2D eigenvalue weighted by molar-refractivity contribution is 9.16. The molecule has 0 heterocycles. The van der Waals surface area contributed by atoms with Crippen LogP contribution in [0.5, 0.6) is 23.0 Å². The van der Waals surface area contributed by atoms with Crippen molar-refractivity contribution in [3.05, 3.63) is 65.8 Å². The molecule has 0 radical (unpaired) electrons. The van der Waals surface area contributed by atoms with Crippen molar-refractivity contribution in [3.63, 3.8) is 0 Å². The molecule has 14 heteroatoms. The molecular formula is C18H2Br12O2. The molecule has 0 saturated heterocycles.